The lowest BCUT2D eigenvalue weighted by Gasteiger charge is -2.03. The fourth-order valence-corrected chi connectivity index (χ4v) is 2.81. The monoisotopic (exact) mass is 255 g/mol. The van der Waals surface area contributed by atoms with E-state index in [0.29, 0.717) is 0 Å². The van der Waals surface area contributed by atoms with Crippen molar-refractivity contribution in [2.75, 3.05) is 0 Å². The summed E-state index contributed by atoms with van der Waals surface area (Å²) in [4.78, 5) is 4.50. The van der Waals surface area contributed by atoms with E-state index in [1.807, 2.05) is 23.6 Å². The van der Waals surface area contributed by atoms with Gasteiger partial charge in [-0.1, -0.05) is 42.5 Å². The summed E-state index contributed by atoms with van der Waals surface area (Å²) < 4.78 is 0. The summed E-state index contributed by atoms with van der Waals surface area (Å²) in [6, 6.07) is 14.5. The van der Waals surface area contributed by atoms with E-state index in [-0.39, 0.29) is 0 Å². The maximum atomic E-state index is 9.55. The van der Waals surface area contributed by atoms with Crippen molar-refractivity contribution in [2.24, 2.45) is 0 Å². The minimum absolute atomic E-state index is 0.501. The van der Waals surface area contributed by atoms with Crippen LogP contribution < -0.4 is 0 Å². The summed E-state index contributed by atoms with van der Waals surface area (Å²) in [5.41, 5.74) is 2.06. The molecular formula is C15H13NOS. The van der Waals surface area contributed by atoms with Gasteiger partial charge in [-0.05, 0) is 17.7 Å². The molecule has 0 aliphatic heterocycles. The first-order valence-corrected chi connectivity index (χ1v) is 6.75. The normalized spacial score (nSPS) is 12.8. The van der Waals surface area contributed by atoms with Gasteiger partial charge in [-0.2, -0.15) is 0 Å². The lowest BCUT2D eigenvalue weighted by Crippen LogP contribution is -1.89. The highest BCUT2D eigenvalue weighted by molar-refractivity contribution is 7.10. The van der Waals surface area contributed by atoms with Gasteiger partial charge in [-0.25, -0.2) is 4.98 Å². The van der Waals surface area contributed by atoms with Gasteiger partial charge in [-0.3, -0.25) is 0 Å². The van der Waals surface area contributed by atoms with E-state index in [1.165, 1.54) is 22.1 Å². The lowest BCUT2D eigenvalue weighted by atomic mass is 10.0. The van der Waals surface area contributed by atoms with Crippen LogP contribution in [0.5, 0.6) is 0 Å². The molecule has 0 saturated carbocycles. The fourth-order valence-electron chi connectivity index (χ4n) is 2.05. The van der Waals surface area contributed by atoms with E-state index in [4.69, 9.17) is 0 Å². The summed E-state index contributed by atoms with van der Waals surface area (Å²) >= 11 is 1.50. The van der Waals surface area contributed by atoms with Crippen molar-refractivity contribution in [3.05, 3.63) is 52.9 Å². The highest BCUT2D eigenvalue weighted by Gasteiger charge is 2.10. The molecule has 90 valence electrons. The fraction of sp³-hybridized carbons (Fsp3) is 0.133. The summed E-state index contributed by atoms with van der Waals surface area (Å²) in [5, 5.41) is 14.7. The molecule has 2 aromatic carbocycles. The van der Waals surface area contributed by atoms with Crippen molar-refractivity contribution in [1.82, 2.24) is 4.98 Å². The number of fused-ring (bicyclic) bond motifs is 1. The molecule has 0 saturated heterocycles. The zero-order valence-electron chi connectivity index (χ0n) is 10.00. The average Bonchev–Trinajstić information content (AvgIpc) is 2.87. The molecule has 0 spiro atoms. The molecule has 1 N–H and O–H groups in total. The Morgan fingerprint density at radius 1 is 1.11 bits per heavy atom. The van der Waals surface area contributed by atoms with Crippen molar-refractivity contribution in [3.63, 3.8) is 0 Å². The van der Waals surface area contributed by atoms with Gasteiger partial charge in [0, 0.05) is 10.9 Å². The molecule has 0 aliphatic carbocycles. The number of aliphatic hydroxyl groups is 1. The first-order chi connectivity index (χ1) is 8.75. The van der Waals surface area contributed by atoms with Gasteiger partial charge in [0.2, 0.25) is 0 Å². The number of hydrogen-bond donors (Lipinski definition) is 1. The molecule has 3 heteroatoms. The molecule has 18 heavy (non-hydrogen) atoms. The Hall–Kier alpha value is -1.71. The third-order valence-electron chi connectivity index (χ3n) is 2.94. The van der Waals surface area contributed by atoms with Crippen molar-refractivity contribution < 1.29 is 5.11 Å². The van der Waals surface area contributed by atoms with E-state index in [1.54, 1.807) is 6.92 Å². The van der Waals surface area contributed by atoms with Crippen molar-refractivity contribution in [2.45, 2.75) is 13.0 Å². The van der Waals surface area contributed by atoms with Crippen LogP contribution in [0.1, 0.15) is 18.0 Å². The molecule has 2 nitrogen and oxygen atoms in total. The van der Waals surface area contributed by atoms with Crippen LogP contribution >= 0.6 is 11.3 Å². The molecule has 0 bridgehead atoms. The summed E-state index contributed by atoms with van der Waals surface area (Å²) in [6.07, 6.45) is -0.501. The predicted octanol–water partition coefficient (Wildman–Crippen LogP) is 4.02. The van der Waals surface area contributed by atoms with E-state index >= 15 is 0 Å². The minimum atomic E-state index is -0.501. The highest BCUT2D eigenvalue weighted by atomic mass is 32.1. The Labute approximate surface area is 110 Å². The Morgan fingerprint density at radius 2 is 1.89 bits per heavy atom. The molecule has 1 heterocycles. The van der Waals surface area contributed by atoms with Crippen molar-refractivity contribution in [3.8, 4) is 11.3 Å². The second kappa shape index (κ2) is 4.52. The molecule has 0 fully saturated rings. The maximum Gasteiger partial charge on any atom is 0.122 e. The molecule has 1 atom stereocenters. The summed E-state index contributed by atoms with van der Waals surface area (Å²) in [5.74, 6) is 0. The van der Waals surface area contributed by atoms with Gasteiger partial charge in [0.1, 0.15) is 11.1 Å². The molecular weight excluding hydrogens is 242 g/mol. The standard InChI is InChI=1S/C15H13NOS/c1-10(17)15-16-14(9-18-15)13-8-4-6-11-5-2-3-7-12(11)13/h2-10,17H,1H3. The number of nitrogens with zero attached hydrogens (tertiary/aromatic N) is 1. The maximum absolute atomic E-state index is 9.55. The molecule has 1 aromatic heterocycles. The van der Waals surface area contributed by atoms with Gasteiger partial charge in [0.15, 0.2) is 0 Å². The van der Waals surface area contributed by atoms with Crippen LogP contribution in [0, 0.1) is 0 Å². The Kier molecular flexibility index (Phi) is 2.86. The van der Waals surface area contributed by atoms with Crippen LogP contribution in [-0.2, 0) is 0 Å². The summed E-state index contributed by atoms with van der Waals surface area (Å²) in [6.45, 7) is 1.74. The van der Waals surface area contributed by atoms with Crippen LogP contribution in [0.25, 0.3) is 22.0 Å². The zero-order chi connectivity index (χ0) is 12.5. The van der Waals surface area contributed by atoms with Crippen LogP contribution in [0.4, 0.5) is 0 Å². The second-order valence-electron chi connectivity index (χ2n) is 4.27. The van der Waals surface area contributed by atoms with E-state index < -0.39 is 6.10 Å². The van der Waals surface area contributed by atoms with E-state index in [9.17, 15) is 5.11 Å². The smallest absolute Gasteiger partial charge is 0.122 e. The Morgan fingerprint density at radius 3 is 2.67 bits per heavy atom. The van der Waals surface area contributed by atoms with Crippen molar-refractivity contribution in [1.29, 1.82) is 0 Å². The first-order valence-electron chi connectivity index (χ1n) is 5.87. The van der Waals surface area contributed by atoms with Crippen LogP contribution in [0.3, 0.4) is 0 Å². The van der Waals surface area contributed by atoms with Gasteiger partial charge in [0.05, 0.1) is 5.69 Å². The second-order valence-corrected chi connectivity index (χ2v) is 5.16. The summed E-state index contributed by atoms with van der Waals surface area (Å²) in [7, 11) is 0. The Bertz CT molecular complexity index is 682. The predicted molar refractivity (Wildman–Crippen MR) is 75.7 cm³/mol. The molecule has 0 radical (unpaired) electrons. The van der Waals surface area contributed by atoms with E-state index in [0.717, 1.165) is 16.3 Å². The molecule has 0 amide bonds. The first kappa shape index (κ1) is 11.4. The topological polar surface area (TPSA) is 33.1 Å². The third kappa shape index (κ3) is 1.92. The van der Waals surface area contributed by atoms with Crippen molar-refractivity contribution >= 4 is 22.1 Å². The van der Waals surface area contributed by atoms with Gasteiger partial charge in [0.25, 0.3) is 0 Å². The SMILES string of the molecule is CC(O)c1nc(-c2cccc3ccccc23)cs1. The minimum Gasteiger partial charge on any atom is -0.386 e. The number of benzene rings is 2. The van der Waals surface area contributed by atoms with Crippen LogP contribution in [0.2, 0.25) is 0 Å². The van der Waals surface area contributed by atoms with Crippen LogP contribution in [0.15, 0.2) is 47.8 Å². The Balaban J connectivity index is 2.18. The number of aliphatic hydroxyl groups excluding tert-OH is 1. The zero-order valence-corrected chi connectivity index (χ0v) is 10.8. The van der Waals surface area contributed by atoms with Gasteiger partial charge in [-0.15, -0.1) is 11.3 Å². The van der Waals surface area contributed by atoms with Crippen LogP contribution in [-0.4, -0.2) is 10.1 Å². The van der Waals surface area contributed by atoms with Gasteiger partial charge >= 0.3 is 0 Å². The molecule has 1 unspecified atom stereocenters. The highest BCUT2D eigenvalue weighted by Crippen LogP contribution is 2.30. The lowest BCUT2D eigenvalue weighted by molar-refractivity contribution is 0.199. The third-order valence-corrected chi connectivity index (χ3v) is 3.96. The number of thiazole rings is 1. The molecule has 3 rings (SSSR count). The average molecular weight is 255 g/mol. The molecule has 3 aromatic rings. The van der Waals surface area contributed by atoms with E-state index in [2.05, 4.69) is 29.2 Å². The number of hydrogen-bond acceptors (Lipinski definition) is 3. The van der Waals surface area contributed by atoms with Gasteiger partial charge < -0.3 is 5.11 Å². The number of aromatic nitrogens is 1. The molecule has 0 aliphatic rings. The number of rotatable bonds is 2. The quantitative estimate of drug-likeness (QED) is 0.750. The largest absolute Gasteiger partial charge is 0.386 e.